The van der Waals surface area contributed by atoms with Crippen LogP contribution >= 0.6 is 0 Å². The number of hydroxylamine groups is 2. The van der Waals surface area contributed by atoms with Crippen LogP contribution in [0.4, 0.5) is 24.9 Å². The van der Waals surface area contributed by atoms with E-state index in [-0.39, 0.29) is 24.7 Å². The number of rotatable bonds is 11. The number of alkyl halides is 3. The topological polar surface area (TPSA) is 123 Å². The summed E-state index contributed by atoms with van der Waals surface area (Å²) in [4.78, 5) is 32.3. The Bertz CT molecular complexity index is 730. The van der Waals surface area contributed by atoms with E-state index in [1.54, 1.807) is 0 Å². The zero-order chi connectivity index (χ0) is 22.9. The lowest BCUT2D eigenvalue weighted by Gasteiger charge is -2.30. The minimum absolute atomic E-state index is 0.196. The summed E-state index contributed by atoms with van der Waals surface area (Å²) in [7, 11) is 0. The van der Waals surface area contributed by atoms with E-state index in [9.17, 15) is 28.0 Å². The van der Waals surface area contributed by atoms with Gasteiger partial charge in [-0.25, -0.2) is 10.0 Å². The number of aromatic nitrogens is 2. The highest BCUT2D eigenvalue weighted by atomic mass is 19.4. The van der Waals surface area contributed by atoms with Crippen molar-refractivity contribution in [2.45, 2.75) is 38.8 Å². The number of carbonyl (C=O) groups is 2. The van der Waals surface area contributed by atoms with Gasteiger partial charge in [-0.2, -0.15) is 18.2 Å². The third kappa shape index (κ3) is 7.51. The summed E-state index contributed by atoms with van der Waals surface area (Å²) in [5.74, 6) is -1.71. The SMILES string of the molecule is CCCCC[C@H](CN(O)C=O)C(=O)NNc1ncc(C(F)(F)F)c(N2CCNCC2)n1. The Balaban J connectivity index is 2.11. The van der Waals surface area contributed by atoms with Crippen molar-refractivity contribution < 1.29 is 28.0 Å². The number of piperazine rings is 1. The van der Waals surface area contributed by atoms with Crippen molar-refractivity contribution in [3.63, 3.8) is 0 Å². The van der Waals surface area contributed by atoms with E-state index in [0.29, 0.717) is 50.3 Å². The molecule has 1 aliphatic heterocycles. The average Bonchev–Trinajstić information content (AvgIpc) is 2.76. The summed E-state index contributed by atoms with van der Waals surface area (Å²) < 4.78 is 40.2. The van der Waals surface area contributed by atoms with Crippen LogP contribution in [0.25, 0.3) is 0 Å². The molecular weight excluding hydrogens is 419 g/mol. The molecule has 0 aliphatic carbocycles. The van der Waals surface area contributed by atoms with Crippen LogP contribution in [0.1, 0.15) is 38.2 Å². The number of hydrazine groups is 1. The van der Waals surface area contributed by atoms with Crippen LogP contribution in [0, 0.1) is 5.92 Å². The molecule has 31 heavy (non-hydrogen) atoms. The molecule has 1 fully saturated rings. The number of hydrogen-bond donors (Lipinski definition) is 4. The third-order valence-electron chi connectivity index (χ3n) is 4.84. The van der Waals surface area contributed by atoms with Gasteiger partial charge >= 0.3 is 6.18 Å². The molecule has 0 aromatic carbocycles. The minimum Gasteiger partial charge on any atom is -0.353 e. The van der Waals surface area contributed by atoms with Gasteiger partial charge < -0.3 is 10.2 Å². The normalized spacial score (nSPS) is 15.3. The standard InChI is InChI=1S/C18H28F3N7O3/c1-2-3-4-5-13(11-28(31)12-29)16(30)25-26-17-23-10-14(18(19,20)21)15(24-17)27-8-6-22-7-9-27/h10,12-13,22,31H,2-9,11H2,1H3,(H,25,30)(H,23,24,26)/t13-/m1/s1. The zero-order valence-electron chi connectivity index (χ0n) is 17.3. The Labute approximate surface area is 178 Å². The van der Waals surface area contributed by atoms with Crippen LogP contribution in [0.3, 0.4) is 0 Å². The van der Waals surface area contributed by atoms with Crippen LogP contribution in [-0.4, -0.2) is 65.3 Å². The van der Waals surface area contributed by atoms with Crippen molar-refractivity contribution in [1.29, 1.82) is 0 Å². The molecule has 2 heterocycles. The molecule has 1 aromatic rings. The first-order valence-corrected chi connectivity index (χ1v) is 10.1. The Morgan fingerprint density at radius 2 is 2.10 bits per heavy atom. The monoisotopic (exact) mass is 447 g/mol. The summed E-state index contributed by atoms with van der Waals surface area (Å²) >= 11 is 0. The zero-order valence-corrected chi connectivity index (χ0v) is 17.3. The second-order valence-electron chi connectivity index (χ2n) is 7.20. The number of unbranched alkanes of at least 4 members (excludes halogenated alkanes) is 2. The fourth-order valence-electron chi connectivity index (χ4n) is 3.19. The molecule has 0 saturated carbocycles. The maximum atomic E-state index is 13.4. The van der Waals surface area contributed by atoms with Crippen LogP contribution in [-0.2, 0) is 15.8 Å². The van der Waals surface area contributed by atoms with Crippen molar-refractivity contribution in [1.82, 2.24) is 25.8 Å². The van der Waals surface area contributed by atoms with Gasteiger partial charge in [-0.05, 0) is 6.42 Å². The van der Waals surface area contributed by atoms with Gasteiger partial charge in [0.05, 0.1) is 12.5 Å². The van der Waals surface area contributed by atoms with E-state index in [4.69, 9.17) is 0 Å². The molecule has 1 saturated heterocycles. The largest absolute Gasteiger partial charge is 0.421 e. The highest BCUT2D eigenvalue weighted by Gasteiger charge is 2.37. The van der Waals surface area contributed by atoms with Gasteiger partial charge in [-0.15, -0.1) is 0 Å². The van der Waals surface area contributed by atoms with E-state index in [1.165, 1.54) is 4.90 Å². The number of carbonyl (C=O) groups excluding carboxylic acids is 2. The molecule has 1 aromatic heterocycles. The fraction of sp³-hybridized carbons (Fsp3) is 0.667. The minimum atomic E-state index is -4.62. The molecule has 13 heteroatoms. The van der Waals surface area contributed by atoms with Crippen molar-refractivity contribution in [3.05, 3.63) is 11.8 Å². The van der Waals surface area contributed by atoms with E-state index in [2.05, 4.69) is 26.1 Å². The number of anilines is 2. The fourth-order valence-corrected chi connectivity index (χ4v) is 3.19. The number of nitrogens with one attached hydrogen (secondary N) is 3. The Morgan fingerprint density at radius 1 is 1.39 bits per heavy atom. The second-order valence-corrected chi connectivity index (χ2v) is 7.20. The molecule has 2 amide bonds. The van der Waals surface area contributed by atoms with E-state index in [0.717, 1.165) is 12.8 Å². The lowest BCUT2D eigenvalue weighted by atomic mass is 10.0. The summed E-state index contributed by atoms with van der Waals surface area (Å²) in [6.07, 6.45) is -0.800. The first-order valence-electron chi connectivity index (χ1n) is 10.1. The Morgan fingerprint density at radius 3 is 2.71 bits per heavy atom. The lowest BCUT2D eigenvalue weighted by molar-refractivity contribution is -0.154. The van der Waals surface area contributed by atoms with Gasteiger partial charge in [0, 0.05) is 32.4 Å². The predicted molar refractivity (Wildman–Crippen MR) is 106 cm³/mol. The molecule has 1 atom stereocenters. The number of amides is 2. The summed E-state index contributed by atoms with van der Waals surface area (Å²) in [5, 5.41) is 12.9. The molecule has 4 N–H and O–H groups in total. The van der Waals surface area contributed by atoms with Crippen molar-refractivity contribution in [2.24, 2.45) is 5.92 Å². The van der Waals surface area contributed by atoms with Gasteiger partial charge in [0.15, 0.2) is 0 Å². The summed E-state index contributed by atoms with van der Waals surface area (Å²) in [5.41, 5.74) is 3.86. The molecular formula is C18H28F3N7O3. The van der Waals surface area contributed by atoms with Crippen molar-refractivity contribution >= 4 is 24.1 Å². The smallest absolute Gasteiger partial charge is 0.353 e. The average molecular weight is 447 g/mol. The van der Waals surface area contributed by atoms with Crippen molar-refractivity contribution in [3.8, 4) is 0 Å². The first-order chi connectivity index (χ1) is 14.8. The molecule has 0 unspecified atom stereocenters. The lowest BCUT2D eigenvalue weighted by Crippen LogP contribution is -2.45. The van der Waals surface area contributed by atoms with Crippen LogP contribution in [0.2, 0.25) is 0 Å². The van der Waals surface area contributed by atoms with E-state index in [1.807, 2.05) is 6.92 Å². The molecule has 2 rings (SSSR count). The molecule has 0 radical (unpaired) electrons. The maximum Gasteiger partial charge on any atom is 0.421 e. The molecule has 174 valence electrons. The third-order valence-corrected chi connectivity index (χ3v) is 4.84. The van der Waals surface area contributed by atoms with Gasteiger partial charge in [0.25, 0.3) is 0 Å². The number of nitrogens with zero attached hydrogens (tertiary/aromatic N) is 4. The molecule has 1 aliphatic rings. The number of hydrogen-bond acceptors (Lipinski definition) is 8. The van der Waals surface area contributed by atoms with Crippen LogP contribution < -0.4 is 21.1 Å². The molecule has 10 nitrogen and oxygen atoms in total. The highest BCUT2D eigenvalue weighted by molar-refractivity contribution is 5.80. The maximum absolute atomic E-state index is 13.4. The molecule has 0 bridgehead atoms. The Kier molecular flexibility index (Phi) is 9.24. The van der Waals surface area contributed by atoms with Crippen LogP contribution in [0.5, 0.6) is 0 Å². The predicted octanol–water partition coefficient (Wildman–Crippen LogP) is 1.39. The van der Waals surface area contributed by atoms with Gasteiger partial charge in [0.1, 0.15) is 11.4 Å². The quantitative estimate of drug-likeness (QED) is 0.174. The molecule has 0 spiro atoms. The van der Waals surface area contributed by atoms with Crippen LogP contribution in [0.15, 0.2) is 6.20 Å². The van der Waals surface area contributed by atoms with Gasteiger partial charge in [-0.3, -0.25) is 25.6 Å². The highest BCUT2D eigenvalue weighted by Crippen LogP contribution is 2.35. The van der Waals surface area contributed by atoms with Gasteiger partial charge in [0.2, 0.25) is 18.3 Å². The summed E-state index contributed by atoms with van der Waals surface area (Å²) in [6.45, 7) is 3.54. The van der Waals surface area contributed by atoms with Gasteiger partial charge in [-0.1, -0.05) is 26.2 Å². The second kappa shape index (κ2) is 11.6. The van der Waals surface area contributed by atoms with E-state index < -0.39 is 23.6 Å². The summed E-state index contributed by atoms with van der Waals surface area (Å²) in [6, 6.07) is 0. The Hall–Kier alpha value is -2.67. The van der Waals surface area contributed by atoms with Crippen molar-refractivity contribution in [2.75, 3.05) is 43.0 Å². The van der Waals surface area contributed by atoms with E-state index >= 15 is 0 Å². The number of halogens is 3. The first kappa shape index (κ1) is 24.6.